The van der Waals surface area contributed by atoms with Crippen molar-refractivity contribution in [2.45, 2.75) is 23.5 Å². The molecule has 0 unspecified atom stereocenters. The standard InChI is InChI=1S/C17H17N3O8S/c21-11-8-14(17(23)28-10-15(22)12-4-3-7-18-12)19(9-11)29(26,27)16-6-2-1-5-13(16)20(24)25/h1-7,11,14,18,21H,8-10H2/t11-,14+/m0/s1. The molecule has 11 nitrogen and oxygen atoms in total. The average Bonchev–Trinajstić information content (AvgIpc) is 3.36. The van der Waals surface area contributed by atoms with Crippen LogP contribution in [-0.2, 0) is 19.6 Å². The molecule has 29 heavy (non-hydrogen) atoms. The van der Waals surface area contributed by atoms with Crippen LogP contribution in [-0.4, -0.2) is 64.8 Å². The molecule has 1 aliphatic rings. The summed E-state index contributed by atoms with van der Waals surface area (Å²) in [6.45, 7) is -1.05. The number of nitro groups is 1. The molecule has 3 rings (SSSR count). The minimum Gasteiger partial charge on any atom is -0.456 e. The number of nitro benzene ring substituents is 1. The zero-order valence-electron chi connectivity index (χ0n) is 14.9. The Morgan fingerprint density at radius 2 is 2.00 bits per heavy atom. The Bertz CT molecular complexity index is 1030. The van der Waals surface area contributed by atoms with Gasteiger partial charge < -0.3 is 14.8 Å². The number of carbonyl (C=O) groups excluding carboxylic acids is 2. The molecule has 1 aromatic heterocycles. The van der Waals surface area contributed by atoms with Gasteiger partial charge in [-0.25, -0.2) is 8.42 Å². The molecular formula is C17H17N3O8S. The molecule has 2 aromatic rings. The van der Waals surface area contributed by atoms with E-state index >= 15 is 0 Å². The van der Waals surface area contributed by atoms with Gasteiger partial charge in [0.1, 0.15) is 6.04 Å². The highest BCUT2D eigenvalue weighted by molar-refractivity contribution is 7.89. The highest BCUT2D eigenvalue weighted by Crippen LogP contribution is 2.31. The molecule has 1 fully saturated rings. The second-order valence-corrected chi connectivity index (χ2v) is 8.18. The summed E-state index contributed by atoms with van der Waals surface area (Å²) in [5.74, 6) is -1.54. The lowest BCUT2D eigenvalue weighted by atomic mass is 10.2. The lowest BCUT2D eigenvalue weighted by Gasteiger charge is -2.22. The van der Waals surface area contributed by atoms with E-state index in [4.69, 9.17) is 4.74 Å². The van der Waals surface area contributed by atoms with Gasteiger partial charge in [0.15, 0.2) is 11.5 Å². The van der Waals surface area contributed by atoms with E-state index < -0.39 is 62.6 Å². The Kier molecular flexibility index (Phi) is 5.77. The Labute approximate surface area is 165 Å². The van der Waals surface area contributed by atoms with Crippen molar-refractivity contribution in [1.82, 2.24) is 9.29 Å². The molecule has 12 heteroatoms. The molecule has 154 valence electrons. The van der Waals surface area contributed by atoms with Crippen LogP contribution < -0.4 is 0 Å². The molecular weight excluding hydrogens is 406 g/mol. The number of β-amino-alcohol motifs (C(OH)–C–C–N with tert-alkyl or cyclic N) is 1. The number of benzene rings is 1. The predicted molar refractivity (Wildman–Crippen MR) is 97.5 cm³/mol. The number of H-pyrrole nitrogens is 1. The molecule has 0 radical (unpaired) electrons. The van der Waals surface area contributed by atoms with Crippen LogP contribution in [0.2, 0.25) is 0 Å². The van der Waals surface area contributed by atoms with Crippen molar-refractivity contribution in [3.63, 3.8) is 0 Å². The summed E-state index contributed by atoms with van der Waals surface area (Å²) < 4.78 is 31.6. The summed E-state index contributed by atoms with van der Waals surface area (Å²) in [7, 11) is -4.48. The summed E-state index contributed by atoms with van der Waals surface area (Å²) in [6, 6.07) is 6.37. The highest BCUT2D eigenvalue weighted by Gasteiger charge is 2.46. The number of ether oxygens (including phenoxy) is 1. The largest absolute Gasteiger partial charge is 0.456 e. The summed E-state index contributed by atoms with van der Waals surface area (Å²) in [5.41, 5.74) is -0.434. The third kappa shape index (κ3) is 4.18. The fraction of sp³-hybridized carbons (Fsp3) is 0.294. The second kappa shape index (κ2) is 8.11. The smallest absolute Gasteiger partial charge is 0.325 e. The van der Waals surface area contributed by atoms with Crippen LogP contribution in [0.4, 0.5) is 5.69 Å². The fourth-order valence-corrected chi connectivity index (χ4v) is 4.82. The van der Waals surface area contributed by atoms with Crippen LogP contribution >= 0.6 is 0 Å². The third-order valence-electron chi connectivity index (χ3n) is 4.40. The lowest BCUT2D eigenvalue weighted by molar-refractivity contribution is -0.387. The van der Waals surface area contributed by atoms with Crippen molar-refractivity contribution in [2.75, 3.05) is 13.2 Å². The predicted octanol–water partition coefficient (Wildman–Crippen LogP) is 0.473. The number of Topliss-reactive ketones (excluding diaryl/α,β-unsaturated/α-hetero) is 1. The number of rotatable bonds is 7. The van der Waals surface area contributed by atoms with Crippen molar-refractivity contribution < 1.29 is 32.8 Å². The summed E-state index contributed by atoms with van der Waals surface area (Å²) in [5, 5.41) is 21.1. The molecule has 0 spiro atoms. The van der Waals surface area contributed by atoms with E-state index in [2.05, 4.69) is 4.98 Å². The van der Waals surface area contributed by atoms with E-state index in [0.29, 0.717) is 4.31 Å². The monoisotopic (exact) mass is 423 g/mol. The van der Waals surface area contributed by atoms with Gasteiger partial charge in [-0.2, -0.15) is 4.31 Å². The van der Waals surface area contributed by atoms with E-state index in [9.17, 15) is 33.2 Å². The Hall–Kier alpha value is -3.09. The van der Waals surface area contributed by atoms with Crippen LogP contribution in [0.1, 0.15) is 16.9 Å². The van der Waals surface area contributed by atoms with Crippen molar-refractivity contribution >= 4 is 27.5 Å². The van der Waals surface area contributed by atoms with Crippen LogP contribution in [0.5, 0.6) is 0 Å². The number of ketones is 1. The first-order valence-electron chi connectivity index (χ1n) is 8.48. The van der Waals surface area contributed by atoms with Crippen LogP contribution in [0.15, 0.2) is 47.5 Å². The quantitative estimate of drug-likeness (QED) is 0.281. The summed E-state index contributed by atoms with van der Waals surface area (Å²) in [4.78, 5) is 36.8. The molecule has 2 atom stereocenters. The number of aromatic nitrogens is 1. The number of nitrogens with zero attached hydrogens (tertiary/aromatic N) is 2. The number of hydrogen-bond acceptors (Lipinski definition) is 8. The SMILES string of the molecule is O=C(COC(=O)[C@H]1C[C@H](O)CN1S(=O)(=O)c1ccccc1[N+](=O)[O-])c1ccc[nH]1. The van der Waals surface area contributed by atoms with E-state index in [0.717, 1.165) is 12.1 Å². The number of sulfonamides is 1. The van der Waals surface area contributed by atoms with Crippen LogP contribution in [0.3, 0.4) is 0 Å². The van der Waals surface area contributed by atoms with E-state index in [1.54, 1.807) is 6.07 Å². The normalized spacial score (nSPS) is 19.8. The van der Waals surface area contributed by atoms with Gasteiger partial charge in [-0.05, 0) is 18.2 Å². The van der Waals surface area contributed by atoms with Gasteiger partial charge in [0.05, 0.1) is 16.7 Å². The first kappa shape index (κ1) is 20.6. The van der Waals surface area contributed by atoms with Gasteiger partial charge in [0.25, 0.3) is 15.7 Å². The number of hydrogen-bond donors (Lipinski definition) is 2. The zero-order chi connectivity index (χ0) is 21.2. The average molecular weight is 423 g/mol. The molecule has 0 aliphatic carbocycles. The number of nitrogens with one attached hydrogen (secondary N) is 1. The lowest BCUT2D eigenvalue weighted by Crippen LogP contribution is -2.42. The Balaban J connectivity index is 1.82. The third-order valence-corrected chi connectivity index (χ3v) is 6.32. The molecule has 0 amide bonds. The van der Waals surface area contributed by atoms with Crippen molar-refractivity contribution in [3.8, 4) is 0 Å². The molecule has 0 bridgehead atoms. The van der Waals surface area contributed by atoms with Gasteiger partial charge in [0.2, 0.25) is 5.78 Å². The maximum atomic E-state index is 13.0. The highest BCUT2D eigenvalue weighted by atomic mass is 32.2. The van der Waals surface area contributed by atoms with E-state index in [1.165, 1.54) is 24.4 Å². The van der Waals surface area contributed by atoms with E-state index in [1.807, 2.05) is 0 Å². The van der Waals surface area contributed by atoms with Gasteiger partial charge in [-0.3, -0.25) is 19.7 Å². The topological polar surface area (TPSA) is 160 Å². The van der Waals surface area contributed by atoms with Crippen molar-refractivity contribution in [1.29, 1.82) is 0 Å². The molecule has 2 N–H and O–H groups in total. The number of aromatic amines is 1. The van der Waals surface area contributed by atoms with Gasteiger partial charge >= 0.3 is 5.97 Å². The molecule has 1 aliphatic heterocycles. The number of aliphatic hydroxyl groups excluding tert-OH is 1. The summed E-state index contributed by atoms with van der Waals surface area (Å²) in [6.07, 6.45) is 0.1000. The first-order valence-corrected chi connectivity index (χ1v) is 9.92. The van der Waals surface area contributed by atoms with Crippen LogP contribution in [0.25, 0.3) is 0 Å². The first-order chi connectivity index (χ1) is 13.7. The van der Waals surface area contributed by atoms with E-state index in [-0.39, 0.29) is 12.1 Å². The zero-order valence-corrected chi connectivity index (χ0v) is 15.7. The van der Waals surface area contributed by atoms with Crippen LogP contribution in [0, 0.1) is 10.1 Å². The number of para-hydroxylation sites is 1. The molecule has 1 aromatic carbocycles. The van der Waals surface area contributed by atoms with Crippen molar-refractivity contribution in [3.05, 3.63) is 58.4 Å². The maximum absolute atomic E-state index is 13.0. The van der Waals surface area contributed by atoms with Gasteiger partial charge in [-0.1, -0.05) is 12.1 Å². The minimum absolute atomic E-state index is 0.216. The number of carbonyl (C=O) groups is 2. The van der Waals surface area contributed by atoms with Crippen molar-refractivity contribution in [2.24, 2.45) is 0 Å². The molecule has 1 saturated heterocycles. The fourth-order valence-electron chi connectivity index (χ4n) is 3.03. The summed E-state index contributed by atoms with van der Waals surface area (Å²) >= 11 is 0. The molecule has 0 saturated carbocycles. The van der Waals surface area contributed by atoms with Gasteiger partial charge in [-0.15, -0.1) is 0 Å². The minimum atomic E-state index is -4.48. The molecule has 2 heterocycles. The maximum Gasteiger partial charge on any atom is 0.325 e. The number of aliphatic hydroxyl groups is 1. The number of esters is 1. The Morgan fingerprint density at radius 1 is 1.28 bits per heavy atom. The Morgan fingerprint density at radius 3 is 2.66 bits per heavy atom. The van der Waals surface area contributed by atoms with Gasteiger partial charge in [0, 0.05) is 25.2 Å². The second-order valence-electron chi connectivity index (χ2n) is 6.32.